The predicted octanol–water partition coefficient (Wildman–Crippen LogP) is 1.45. The van der Waals surface area contributed by atoms with Gasteiger partial charge in [-0.05, 0) is 43.2 Å². The first-order valence-electron chi connectivity index (χ1n) is 8.41. The molecule has 0 saturated heterocycles. The van der Waals surface area contributed by atoms with Crippen LogP contribution in [0.2, 0.25) is 0 Å². The van der Waals surface area contributed by atoms with Crippen LogP contribution >= 0.6 is 0 Å². The lowest BCUT2D eigenvalue weighted by Gasteiger charge is -2.30. The van der Waals surface area contributed by atoms with Gasteiger partial charge in [0.1, 0.15) is 0 Å². The SMILES string of the molecule is Cc1cccc(C)c1N(CNc1cccc(N2NN=NC2[S-])c1)CC(=O)[O-]. The van der Waals surface area contributed by atoms with Gasteiger partial charge in [-0.25, -0.2) is 0 Å². The lowest BCUT2D eigenvalue weighted by Crippen LogP contribution is -2.41. The van der Waals surface area contributed by atoms with Crippen molar-refractivity contribution >= 4 is 35.7 Å². The Morgan fingerprint density at radius 2 is 2.00 bits per heavy atom. The molecule has 8 nitrogen and oxygen atoms in total. The number of aryl methyl sites for hydroxylation is 2. The van der Waals surface area contributed by atoms with E-state index in [-0.39, 0.29) is 6.54 Å². The number of nitrogens with one attached hydrogen (secondary N) is 2. The smallest absolute Gasteiger partial charge is 0.0880 e. The topological polar surface area (TPSA) is 95.4 Å². The van der Waals surface area contributed by atoms with Gasteiger partial charge < -0.3 is 32.7 Å². The van der Waals surface area contributed by atoms with Gasteiger partial charge in [-0.15, -0.1) is 0 Å². The molecular formula is C18H20N6O2S-2. The third-order valence-electron chi connectivity index (χ3n) is 4.20. The molecule has 142 valence electrons. The highest BCUT2D eigenvalue weighted by Crippen LogP contribution is 2.26. The summed E-state index contributed by atoms with van der Waals surface area (Å²) in [5, 5.41) is 23.7. The Kier molecular flexibility index (Phi) is 5.70. The van der Waals surface area contributed by atoms with Crippen molar-refractivity contribution in [2.45, 2.75) is 19.3 Å². The van der Waals surface area contributed by atoms with E-state index in [9.17, 15) is 9.90 Å². The van der Waals surface area contributed by atoms with Gasteiger partial charge in [-0.3, -0.25) is 5.01 Å². The third kappa shape index (κ3) is 4.43. The van der Waals surface area contributed by atoms with E-state index < -0.39 is 11.5 Å². The minimum atomic E-state index is -1.13. The van der Waals surface area contributed by atoms with Crippen LogP contribution in [0, 0.1) is 13.8 Å². The second kappa shape index (κ2) is 8.17. The summed E-state index contributed by atoms with van der Waals surface area (Å²) in [7, 11) is 0. The molecule has 0 aromatic heterocycles. The fourth-order valence-electron chi connectivity index (χ4n) is 3.04. The average Bonchev–Trinajstić information content (AvgIpc) is 3.05. The second-order valence-electron chi connectivity index (χ2n) is 6.21. The monoisotopic (exact) mass is 384 g/mol. The van der Waals surface area contributed by atoms with E-state index in [2.05, 4.69) is 21.2 Å². The van der Waals surface area contributed by atoms with E-state index in [1.165, 1.54) is 0 Å². The molecule has 0 spiro atoms. The first kappa shape index (κ1) is 18.8. The molecule has 0 fully saturated rings. The molecule has 1 aliphatic rings. The van der Waals surface area contributed by atoms with Crippen LogP contribution in [0.1, 0.15) is 11.1 Å². The van der Waals surface area contributed by atoms with E-state index in [0.29, 0.717) is 6.67 Å². The van der Waals surface area contributed by atoms with Crippen molar-refractivity contribution in [3.8, 4) is 0 Å². The predicted molar refractivity (Wildman–Crippen MR) is 105 cm³/mol. The molecule has 1 heterocycles. The summed E-state index contributed by atoms with van der Waals surface area (Å²) in [5.41, 5.74) is 6.76. The van der Waals surface area contributed by atoms with E-state index >= 15 is 0 Å². The summed E-state index contributed by atoms with van der Waals surface area (Å²) in [4.78, 5) is 13.0. The minimum absolute atomic E-state index is 0.210. The summed E-state index contributed by atoms with van der Waals surface area (Å²) in [6, 6.07) is 13.4. The number of hydrogen-bond acceptors (Lipinski definition) is 9. The lowest BCUT2D eigenvalue weighted by atomic mass is 10.1. The zero-order valence-electron chi connectivity index (χ0n) is 15.0. The van der Waals surface area contributed by atoms with E-state index in [0.717, 1.165) is 28.2 Å². The fourth-order valence-corrected chi connectivity index (χ4v) is 3.25. The third-order valence-corrected chi connectivity index (χ3v) is 4.51. The quantitative estimate of drug-likeness (QED) is 0.551. The van der Waals surface area contributed by atoms with Crippen LogP contribution in [0.5, 0.6) is 0 Å². The number of carboxylic acids is 1. The van der Waals surface area contributed by atoms with Crippen molar-refractivity contribution < 1.29 is 9.90 Å². The summed E-state index contributed by atoms with van der Waals surface area (Å²) in [5.74, 6) is -1.13. The molecule has 0 aliphatic carbocycles. The van der Waals surface area contributed by atoms with Gasteiger partial charge in [0, 0.05) is 16.9 Å². The van der Waals surface area contributed by atoms with Crippen molar-refractivity contribution in [1.29, 1.82) is 0 Å². The number of carbonyl (C=O) groups is 1. The van der Waals surface area contributed by atoms with Crippen LogP contribution in [0.4, 0.5) is 17.1 Å². The number of para-hydroxylation sites is 1. The molecule has 1 unspecified atom stereocenters. The number of anilines is 3. The molecule has 0 saturated carbocycles. The Labute approximate surface area is 163 Å². The Bertz CT molecular complexity index is 839. The van der Waals surface area contributed by atoms with Crippen LogP contribution in [-0.4, -0.2) is 24.7 Å². The second-order valence-corrected chi connectivity index (χ2v) is 6.63. The number of carboxylic acid groups (broad SMARTS) is 1. The number of aliphatic carboxylic acids is 1. The van der Waals surface area contributed by atoms with Gasteiger partial charge in [0.2, 0.25) is 0 Å². The van der Waals surface area contributed by atoms with E-state index in [1.54, 1.807) is 9.91 Å². The Balaban J connectivity index is 1.77. The number of hydrogen-bond donors (Lipinski definition) is 2. The van der Waals surface area contributed by atoms with Gasteiger partial charge in [-0.1, -0.05) is 29.5 Å². The molecule has 3 rings (SSSR count). The largest absolute Gasteiger partial charge is 0.740 e. The van der Waals surface area contributed by atoms with Crippen molar-refractivity contribution in [3.05, 3.63) is 53.6 Å². The van der Waals surface area contributed by atoms with Gasteiger partial charge in [0.15, 0.2) is 0 Å². The Morgan fingerprint density at radius 3 is 2.63 bits per heavy atom. The zero-order chi connectivity index (χ0) is 19.4. The van der Waals surface area contributed by atoms with E-state index in [4.69, 9.17) is 12.6 Å². The van der Waals surface area contributed by atoms with Crippen molar-refractivity contribution in [1.82, 2.24) is 5.53 Å². The van der Waals surface area contributed by atoms with Crippen LogP contribution in [0.3, 0.4) is 0 Å². The van der Waals surface area contributed by atoms with Gasteiger partial charge in [0.05, 0.1) is 24.9 Å². The van der Waals surface area contributed by atoms with Crippen LogP contribution < -0.4 is 25.9 Å². The van der Waals surface area contributed by atoms with Gasteiger partial charge in [-0.2, -0.15) is 10.6 Å². The molecule has 0 amide bonds. The molecule has 27 heavy (non-hydrogen) atoms. The summed E-state index contributed by atoms with van der Waals surface area (Å²) < 4.78 is 0. The highest BCUT2D eigenvalue weighted by Gasteiger charge is 2.14. The number of benzene rings is 2. The van der Waals surface area contributed by atoms with Gasteiger partial charge >= 0.3 is 0 Å². The van der Waals surface area contributed by atoms with Gasteiger partial charge in [0.25, 0.3) is 0 Å². The standard InChI is InChI=1S/C18H22N6O2S/c1-12-5-3-6-13(2)17(12)23(10-16(25)26)11-19-14-7-4-8-15(9-14)24-18(27)20-21-22-24/h3-9,18-19,27H,10-11H2,1-2H3,(H,20,22)(H,25,26)/p-2. The summed E-state index contributed by atoms with van der Waals surface area (Å²) in [6.45, 7) is 4.02. The molecule has 2 N–H and O–H groups in total. The molecule has 2 aromatic carbocycles. The molecule has 9 heteroatoms. The number of rotatable bonds is 7. The normalized spacial score (nSPS) is 15.5. The van der Waals surface area contributed by atoms with Crippen LogP contribution in [0.15, 0.2) is 52.8 Å². The zero-order valence-corrected chi connectivity index (χ0v) is 15.9. The molecule has 1 atom stereocenters. The maximum Gasteiger partial charge on any atom is 0.0880 e. The Hall–Kier alpha value is -2.94. The number of nitrogens with zero attached hydrogens (tertiary/aromatic N) is 4. The van der Waals surface area contributed by atoms with Crippen molar-refractivity contribution in [3.63, 3.8) is 0 Å². The van der Waals surface area contributed by atoms with Crippen molar-refractivity contribution in [2.75, 3.05) is 28.4 Å². The Morgan fingerprint density at radius 1 is 1.30 bits per heavy atom. The fraction of sp³-hybridized carbons (Fsp3) is 0.278. The summed E-state index contributed by atoms with van der Waals surface area (Å²) in [6.07, 6.45) is 0. The van der Waals surface area contributed by atoms with Crippen molar-refractivity contribution in [2.24, 2.45) is 10.3 Å². The first-order valence-corrected chi connectivity index (χ1v) is 8.88. The molecule has 0 bridgehead atoms. The molecule has 2 aromatic rings. The first-order chi connectivity index (χ1) is 13.0. The highest BCUT2D eigenvalue weighted by molar-refractivity contribution is 7.59. The molecule has 0 radical (unpaired) electrons. The molecule has 1 aliphatic heterocycles. The van der Waals surface area contributed by atoms with Crippen LogP contribution in [-0.2, 0) is 17.4 Å². The summed E-state index contributed by atoms with van der Waals surface area (Å²) >= 11 is 5.20. The number of carbonyl (C=O) groups excluding carboxylic acids is 1. The lowest BCUT2D eigenvalue weighted by molar-refractivity contribution is -0.303. The molecular weight excluding hydrogens is 364 g/mol. The van der Waals surface area contributed by atoms with Crippen LogP contribution in [0.25, 0.3) is 0 Å². The maximum atomic E-state index is 11.3. The highest BCUT2D eigenvalue weighted by atomic mass is 32.1. The maximum absolute atomic E-state index is 11.3. The average molecular weight is 384 g/mol. The van der Waals surface area contributed by atoms with E-state index in [1.807, 2.05) is 56.3 Å². The number of hydrazine groups is 1. The minimum Gasteiger partial charge on any atom is -0.740 e.